The number of likely N-dealkylation sites (tertiary alicyclic amines) is 1. The zero-order valence-corrected chi connectivity index (χ0v) is 12.5. The Hall–Kier alpha value is -1.88. The largest absolute Gasteiger partial charge is 0.478 e. The number of H-pyrrole nitrogens is 1. The molecule has 0 aliphatic carbocycles. The van der Waals surface area contributed by atoms with Gasteiger partial charge in [0.05, 0.1) is 23.1 Å². The minimum atomic E-state index is -0.910. The molecule has 2 atom stereocenters. The van der Waals surface area contributed by atoms with Gasteiger partial charge in [-0.3, -0.25) is 4.90 Å². The third kappa shape index (κ3) is 3.08. The van der Waals surface area contributed by atoms with Crippen LogP contribution in [0.25, 0.3) is 11.0 Å². The number of nitrogens with zero attached hydrogens (tertiary/aromatic N) is 2. The molecule has 2 aromatic rings. The number of carboxylic acid groups (broad SMARTS) is 1. The molecule has 1 aliphatic heterocycles. The molecule has 5 heteroatoms. The lowest BCUT2D eigenvalue weighted by Crippen LogP contribution is -2.38. The summed E-state index contributed by atoms with van der Waals surface area (Å²) >= 11 is 0. The van der Waals surface area contributed by atoms with Gasteiger partial charge in [-0.25, -0.2) is 9.78 Å². The van der Waals surface area contributed by atoms with E-state index in [1.807, 2.05) is 0 Å². The molecule has 0 saturated carbocycles. The number of imidazole rings is 1. The molecule has 2 N–H and O–H groups in total. The van der Waals surface area contributed by atoms with Crippen LogP contribution in [0.5, 0.6) is 0 Å². The Bertz CT molecular complexity index is 655. The van der Waals surface area contributed by atoms with Crippen molar-refractivity contribution < 1.29 is 9.90 Å². The minimum Gasteiger partial charge on any atom is -0.478 e. The van der Waals surface area contributed by atoms with Crippen LogP contribution in [-0.4, -0.2) is 39.0 Å². The SMILES string of the molecule is C[C@H]1C[C@H](C)CN(Cc2nc3ccc(C(=O)O)cc3[nH]2)C1. The summed E-state index contributed by atoms with van der Waals surface area (Å²) in [5.74, 6) is 1.44. The number of fused-ring (bicyclic) bond motifs is 1. The molecule has 0 bridgehead atoms. The second kappa shape index (κ2) is 5.48. The van der Waals surface area contributed by atoms with Gasteiger partial charge in [0.2, 0.25) is 0 Å². The molecule has 1 aromatic carbocycles. The first-order valence-corrected chi connectivity index (χ1v) is 7.45. The van der Waals surface area contributed by atoms with E-state index in [1.54, 1.807) is 18.2 Å². The molecule has 2 heterocycles. The van der Waals surface area contributed by atoms with Crippen LogP contribution in [0.3, 0.4) is 0 Å². The molecule has 0 amide bonds. The van der Waals surface area contributed by atoms with Gasteiger partial charge in [0, 0.05) is 13.1 Å². The first-order valence-electron chi connectivity index (χ1n) is 7.45. The fraction of sp³-hybridized carbons (Fsp3) is 0.500. The Labute approximate surface area is 124 Å². The summed E-state index contributed by atoms with van der Waals surface area (Å²) in [6, 6.07) is 5.01. The summed E-state index contributed by atoms with van der Waals surface area (Å²) in [5, 5.41) is 9.03. The summed E-state index contributed by atoms with van der Waals surface area (Å²) in [5.41, 5.74) is 1.91. The Kier molecular flexibility index (Phi) is 3.68. The van der Waals surface area contributed by atoms with E-state index in [0.717, 1.165) is 48.3 Å². The zero-order valence-electron chi connectivity index (χ0n) is 12.5. The first kappa shape index (κ1) is 14.1. The number of piperidine rings is 1. The van der Waals surface area contributed by atoms with Gasteiger partial charge in [-0.15, -0.1) is 0 Å². The van der Waals surface area contributed by atoms with Crippen LogP contribution in [0.2, 0.25) is 0 Å². The van der Waals surface area contributed by atoms with Crippen LogP contribution in [0, 0.1) is 11.8 Å². The Morgan fingerprint density at radius 2 is 2.10 bits per heavy atom. The highest BCUT2D eigenvalue weighted by Crippen LogP contribution is 2.22. The standard InChI is InChI=1S/C16H21N3O2/c1-10-5-11(2)8-19(7-10)9-15-17-13-4-3-12(16(20)21)6-14(13)18-15/h3-4,6,10-11H,5,7-9H2,1-2H3,(H,17,18)(H,20,21)/t10-,11-/m0/s1. The fourth-order valence-electron chi connectivity index (χ4n) is 3.40. The Balaban J connectivity index is 1.79. The highest BCUT2D eigenvalue weighted by Gasteiger charge is 2.22. The number of aromatic carboxylic acids is 1. The summed E-state index contributed by atoms with van der Waals surface area (Å²) < 4.78 is 0. The first-order chi connectivity index (χ1) is 10.0. The quantitative estimate of drug-likeness (QED) is 0.910. The third-order valence-electron chi connectivity index (χ3n) is 4.10. The lowest BCUT2D eigenvalue weighted by Gasteiger charge is -2.34. The molecule has 112 valence electrons. The van der Waals surface area contributed by atoms with Gasteiger partial charge in [-0.2, -0.15) is 0 Å². The van der Waals surface area contributed by atoms with Gasteiger partial charge in [0.1, 0.15) is 5.82 Å². The Morgan fingerprint density at radius 1 is 1.38 bits per heavy atom. The van der Waals surface area contributed by atoms with Crippen LogP contribution >= 0.6 is 0 Å². The van der Waals surface area contributed by atoms with E-state index in [9.17, 15) is 4.79 Å². The van der Waals surface area contributed by atoms with Crippen molar-refractivity contribution in [1.82, 2.24) is 14.9 Å². The van der Waals surface area contributed by atoms with Crippen molar-refractivity contribution in [2.24, 2.45) is 11.8 Å². The molecule has 21 heavy (non-hydrogen) atoms. The lowest BCUT2D eigenvalue weighted by molar-refractivity contribution is 0.0697. The number of carbonyl (C=O) groups is 1. The second-order valence-corrected chi connectivity index (χ2v) is 6.36. The predicted octanol–water partition coefficient (Wildman–Crippen LogP) is 2.74. The maximum absolute atomic E-state index is 11.0. The highest BCUT2D eigenvalue weighted by molar-refractivity contribution is 5.92. The van der Waals surface area contributed by atoms with E-state index in [2.05, 4.69) is 28.7 Å². The maximum atomic E-state index is 11.0. The number of hydrogen-bond donors (Lipinski definition) is 2. The highest BCUT2D eigenvalue weighted by atomic mass is 16.4. The number of hydrogen-bond acceptors (Lipinski definition) is 3. The predicted molar refractivity (Wildman–Crippen MR) is 81.3 cm³/mol. The molecule has 1 saturated heterocycles. The van der Waals surface area contributed by atoms with Crippen molar-refractivity contribution >= 4 is 17.0 Å². The molecule has 1 fully saturated rings. The summed E-state index contributed by atoms with van der Waals surface area (Å²) in [6.07, 6.45) is 1.29. The van der Waals surface area contributed by atoms with Crippen molar-refractivity contribution in [3.05, 3.63) is 29.6 Å². The van der Waals surface area contributed by atoms with Crippen molar-refractivity contribution in [2.75, 3.05) is 13.1 Å². The fourth-order valence-corrected chi connectivity index (χ4v) is 3.40. The third-order valence-corrected chi connectivity index (χ3v) is 4.10. The van der Waals surface area contributed by atoms with E-state index in [-0.39, 0.29) is 5.56 Å². The van der Waals surface area contributed by atoms with E-state index in [4.69, 9.17) is 5.11 Å². The van der Waals surface area contributed by atoms with E-state index in [1.165, 1.54) is 6.42 Å². The van der Waals surface area contributed by atoms with Gasteiger partial charge < -0.3 is 10.1 Å². The van der Waals surface area contributed by atoms with Crippen molar-refractivity contribution in [3.63, 3.8) is 0 Å². The molecule has 0 unspecified atom stereocenters. The average molecular weight is 287 g/mol. The number of aromatic nitrogens is 2. The molecule has 1 aliphatic rings. The number of aromatic amines is 1. The van der Waals surface area contributed by atoms with Gasteiger partial charge in [0.15, 0.2) is 0 Å². The number of rotatable bonds is 3. The average Bonchev–Trinajstić information content (AvgIpc) is 2.78. The molecule has 0 radical (unpaired) electrons. The zero-order chi connectivity index (χ0) is 15.0. The topological polar surface area (TPSA) is 69.2 Å². The summed E-state index contributed by atoms with van der Waals surface area (Å²) in [7, 11) is 0. The monoisotopic (exact) mass is 287 g/mol. The molecular weight excluding hydrogens is 266 g/mol. The van der Waals surface area contributed by atoms with Crippen molar-refractivity contribution in [1.29, 1.82) is 0 Å². The van der Waals surface area contributed by atoms with E-state index in [0.29, 0.717) is 0 Å². The van der Waals surface area contributed by atoms with Crippen LogP contribution in [0.1, 0.15) is 36.5 Å². The summed E-state index contributed by atoms with van der Waals surface area (Å²) in [4.78, 5) is 21.2. The van der Waals surface area contributed by atoms with E-state index < -0.39 is 5.97 Å². The van der Waals surface area contributed by atoms with Gasteiger partial charge in [0.25, 0.3) is 0 Å². The maximum Gasteiger partial charge on any atom is 0.335 e. The second-order valence-electron chi connectivity index (χ2n) is 6.36. The molecular formula is C16H21N3O2. The molecule has 3 rings (SSSR count). The molecule has 1 aromatic heterocycles. The number of carboxylic acids is 1. The van der Waals surface area contributed by atoms with Gasteiger partial charge >= 0.3 is 5.97 Å². The Morgan fingerprint density at radius 3 is 2.76 bits per heavy atom. The smallest absolute Gasteiger partial charge is 0.335 e. The van der Waals surface area contributed by atoms with E-state index >= 15 is 0 Å². The molecule has 0 spiro atoms. The van der Waals surface area contributed by atoms with Crippen molar-refractivity contribution in [2.45, 2.75) is 26.8 Å². The normalized spacial score (nSPS) is 23.5. The number of nitrogens with one attached hydrogen (secondary N) is 1. The van der Waals surface area contributed by atoms with Crippen molar-refractivity contribution in [3.8, 4) is 0 Å². The summed E-state index contributed by atoms with van der Waals surface area (Å²) in [6.45, 7) is 7.58. The van der Waals surface area contributed by atoms with Gasteiger partial charge in [-0.1, -0.05) is 13.8 Å². The van der Waals surface area contributed by atoms with Crippen LogP contribution in [0.4, 0.5) is 0 Å². The van der Waals surface area contributed by atoms with Crippen LogP contribution in [-0.2, 0) is 6.54 Å². The molecule has 5 nitrogen and oxygen atoms in total. The van der Waals surface area contributed by atoms with Crippen LogP contribution < -0.4 is 0 Å². The number of benzene rings is 1. The van der Waals surface area contributed by atoms with Crippen LogP contribution in [0.15, 0.2) is 18.2 Å². The van der Waals surface area contributed by atoms with Gasteiger partial charge in [-0.05, 0) is 36.5 Å². The lowest BCUT2D eigenvalue weighted by atomic mass is 9.92. The minimum absolute atomic E-state index is 0.290.